The molecule has 1 aromatic rings. The van der Waals surface area contributed by atoms with Crippen molar-refractivity contribution in [2.24, 2.45) is 0 Å². The molecular weight excluding hydrogens is 276 g/mol. The van der Waals surface area contributed by atoms with Crippen molar-refractivity contribution in [3.8, 4) is 5.75 Å². The van der Waals surface area contributed by atoms with Crippen molar-refractivity contribution in [2.45, 2.75) is 38.8 Å². The van der Waals surface area contributed by atoms with Crippen LogP contribution in [-0.4, -0.2) is 34.7 Å². The molecule has 0 aromatic heterocycles. The van der Waals surface area contributed by atoms with Crippen LogP contribution < -0.4 is 10.1 Å². The maximum atomic E-state index is 11.1. The highest BCUT2D eigenvalue weighted by Crippen LogP contribution is 2.28. The summed E-state index contributed by atoms with van der Waals surface area (Å²) in [7, 11) is 0. The van der Waals surface area contributed by atoms with E-state index in [1.54, 1.807) is 19.9 Å². The molecular formula is C14H18N2O5. The van der Waals surface area contributed by atoms with Gasteiger partial charge < -0.3 is 9.84 Å². The summed E-state index contributed by atoms with van der Waals surface area (Å²) in [5.41, 5.74) is 1.14. The van der Waals surface area contributed by atoms with Crippen LogP contribution in [0.3, 0.4) is 0 Å². The lowest BCUT2D eigenvalue weighted by Gasteiger charge is -2.16. The van der Waals surface area contributed by atoms with Gasteiger partial charge in [-0.15, -0.1) is 0 Å². The van der Waals surface area contributed by atoms with Crippen LogP contribution in [0.25, 0.3) is 0 Å². The van der Waals surface area contributed by atoms with Crippen molar-refractivity contribution >= 4 is 11.7 Å². The number of nitro groups is 1. The monoisotopic (exact) mass is 294 g/mol. The molecule has 0 heterocycles. The predicted molar refractivity (Wildman–Crippen MR) is 75.6 cm³/mol. The summed E-state index contributed by atoms with van der Waals surface area (Å²) >= 11 is 0. The van der Waals surface area contributed by atoms with Gasteiger partial charge in [0.1, 0.15) is 18.4 Å². The number of aryl methyl sites for hydroxylation is 2. The predicted octanol–water partition coefficient (Wildman–Crippen LogP) is 1.80. The van der Waals surface area contributed by atoms with E-state index in [0.717, 1.165) is 12.8 Å². The third kappa shape index (κ3) is 3.91. The number of hydrogen-bond donors (Lipinski definition) is 2. The van der Waals surface area contributed by atoms with Gasteiger partial charge in [0.05, 0.1) is 4.92 Å². The van der Waals surface area contributed by atoms with Gasteiger partial charge in [0.25, 0.3) is 5.69 Å². The van der Waals surface area contributed by atoms with E-state index in [1.807, 2.05) is 0 Å². The summed E-state index contributed by atoms with van der Waals surface area (Å²) in [4.78, 5) is 21.5. The molecule has 1 atom stereocenters. The number of carboxylic acids is 1. The molecule has 1 fully saturated rings. The van der Waals surface area contributed by atoms with E-state index in [1.165, 1.54) is 6.07 Å². The Hall–Kier alpha value is -2.15. The summed E-state index contributed by atoms with van der Waals surface area (Å²) in [6, 6.07) is 2.50. The van der Waals surface area contributed by atoms with Crippen LogP contribution in [0.15, 0.2) is 12.1 Å². The van der Waals surface area contributed by atoms with Gasteiger partial charge in [-0.25, -0.2) is 0 Å². The van der Waals surface area contributed by atoms with Gasteiger partial charge in [-0.05, 0) is 38.3 Å². The highest BCUT2D eigenvalue weighted by atomic mass is 16.6. The minimum Gasteiger partial charge on any atom is -0.491 e. The Balaban J connectivity index is 2.06. The van der Waals surface area contributed by atoms with Gasteiger partial charge in [-0.2, -0.15) is 0 Å². The number of benzene rings is 1. The number of hydrogen-bond acceptors (Lipinski definition) is 5. The highest BCUT2D eigenvalue weighted by molar-refractivity contribution is 5.73. The van der Waals surface area contributed by atoms with Crippen molar-refractivity contribution in [1.29, 1.82) is 0 Å². The van der Waals surface area contributed by atoms with Crippen molar-refractivity contribution in [3.63, 3.8) is 0 Å². The minimum atomic E-state index is -0.960. The summed E-state index contributed by atoms with van der Waals surface area (Å²) in [5, 5.41) is 23.0. The third-order valence-electron chi connectivity index (χ3n) is 3.41. The van der Waals surface area contributed by atoms with Crippen LogP contribution in [0, 0.1) is 24.0 Å². The second-order valence-electron chi connectivity index (χ2n) is 5.30. The molecule has 1 aliphatic carbocycles. The molecule has 1 aromatic carbocycles. The van der Waals surface area contributed by atoms with E-state index in [0.29, 0.717) is 16.9 Å². The number of aliphatic carboxylic acids is 1. The maximum absolute atomic E-state index is 11.1. The van der Waals surface area contributed by atoms with Gasteiger partial charge >= 0.3 is 5.97 Å². The van der Waals surface area contributed by atoms with Crippen molar-refractivity contribution < 1.29 is 19.6 Å². The largest absolute Gasteiger partial charge is 0.491 e. The first-order chi connectivity index (χ1) is 9.88. The van der Waals surface area contributed by atoms with Crippen LogP contribution in [0.2, 0.25) is 0 Å². The zero-order chi connectivity index (χ0) is 15.6. The van der Waals surface area contributed by atoms with E-state index >= 15 is 0 Å². The lowest BCUT2D eigenvalue weighted by atomic mass is 10.1. The molecule has 0 spiro atoms. The summed E-state index contributed by atoms with van der Waals surface area (Å²) < 4.78 is 5.54. The Labute approximate surface area is 122 Å². The molecule has 114 valence electrons. The van der Waals surface area contributed by atoms with E-state index in [2.05, 4.69) is 5.32 Å². The number of rotatable bonds is 7. The number of carboxylic acid groups (broad SMARTS) is 1. The quantitative estimate of drug-likeness (QED) is 0.587. The smallest absolute Gasteiger partial charge is 0.324 e. The van der Waals surface area contributed by atoms with Gasteiger partial charge in [0.15, 0.2) is 0 Å². The highest BCUT2D eigenvalue weighted by Gasteiger charge is 2.28. The molecule has 0 amide bonds. The van der Waals surface area contributed by atoms with Crippen LogP contribution in [0.4, 0.5) is 5.69 Å². The molecule has 1 unspecified atom stereocenters. The molecule has 7 heteroatoms. The number of nitro benzene ring substituents is 1. The van der Waals surface area contributed by atoms with Gasteiger partial charge in [-0.3, -0.25) is 20.2 Å². The fraction of sp³-hybridized carbons (Fsp3) is 0.500. The van der Waals surface area contributed by atoms with E-state index in [-0.39, 0.29) is 18.3 Å². The molecule has 0 radical (unpaired) electrons. The molecule has 2 N–H and O–H groups in total. The van der Waals surface area contributed by atoms with Crippen LogP contribution in [-0.2, 0) is 4.79 Å². The zero-order valence-electron chi connectivity index (χ0n) is 12.0. The second kappa shape index (κ2) is 6.09. The Kier molecular flexibility index (Phi) is 4.42. The molecule has 0 bridgehead atoms. The molecule has 7 nitrogen and oxygen atoms in total. The second-order valence-corrected chi connectivity index (χ2v) is 5.30. The SMILES string of the molecule is Cc1cc([N+](=O)[O-])c(C)cc1OCC(NC1CC1)C(=O)O. The fourth-order valence-electron chi connectivity index (χ4n) is 2.02. The summed E-state index contributed by atoms with van der Waals surface area (Å²) in [5.74, 6) is -0.486. The molecule has 21 heavy (non-hydrogen) atoms. The third-order valence-corrected chi connectivity index (χ3v) is 3.41. The average molecular weight is 294 g/mol. The molecule has 0 saturated heterocycles. The Bertz CT molecular complexity index is 569. The number of ether oxygens (including phenoxy) is 1. The van der Waals surface area contributed by atoms with Crippen molar-refractivity contribution in [1.82, 2.24) is 5.32 Å². The zero-order valence-corrected chi connectivity index (χ0v) is 12.0. The summed E-state index contributed by atoms with van der Waals surface area (Å²) in [6.45, 7) is 3.32. The normalized spacial score (nSPS) is 15.5. The van der Waals surface area contributed by atoms with Crippen molar-refractivity contribution in [3.05, 3.63) is 33.4 Å². The van der Waals surface area contributed by atoms with Gasteiger partial charge in [0.2, 0.25) is 0 Å². The van der Waals surface area contributed by atoms with Gasteiger partial charge in [-0.1, -0.05) is 0 Å². The van der Waals surface area contributed by atoms with Gasteiger partial charge in [0, 0.05) is 17.7 Å². The fourth-order valence-corrected chi connectivity index (χ4v) is 2.02. The first-order valence-corrected chi connectivity index (χ1v) is 6.75. The molecule has 1 aliphatic rings. The Morgan fingerprint density at radius 2 is 2.14 bits per heavy atom. The van der Waals surface area contributed by atoms with Crippen molar-refractivity contribution in [2.75, 3.05) is 6.61 Å². The van der Waals surface area contributed by atoms with Crippen LogP contribution in [0.5, 0.6) is 5.75 Å². The minimum absolute atomic E-state index is 0.01000. The first-order valence-electron chi connectivity index (χ1n) is 6.75. The summed E-state index contributed by atoms with van der Waals surface area (Å²) in [6.07, 6.45) is 1.97. The molecule has 2 rings (SSSR count). The Morgan fingerprint density at radius 3 is 2.67 bits per heavy atom. The standard InChI is InChI=1S/C14H18N2O5/c1-8-6-13(9(2)5-12(8)16(19)20)21-7-11(14(17)18)15-10-3-4-10/h5-6,10-11,15H,3-4,7H2,1-2H3,(H,17,18). The van der Waals surface area contributed by atoms with Crippen LogP contribution in [0.1, 0.15) is 24.0 Å². The molecule has 1 saturated carbocycles. The Morgan fingerprint density at radius 1 is 1.48 bits per heavy atom. The topological polar surface area (TPSA) is 102 Å². The van der Waals surface area contributed by atoms with E-state index < -0.39 is 16.9 Å². The van der Waals surface area contributed by atoms with E-state index in [4.69, 9.17) is 9.84 Å². The lowest BCUT2D eigenvalue weighted by Crippen LogP contribution is -2.42. The van der Waals surface area contributed by atoms with Crippen LogP contribution >= 0.6 is 0 Å². The number of carbonyl (C=O) groups is 1. The lowest BCUT2D eigenvalue weighted by molar-refractivity contribution is -0.385. The first kappa shape index (κ1) is 15.2. The average Bonchev–Trinajstić information content (AvgIpc) is 3.20. The number of nitrogens with zero attached hydrogens (tertiary/aromatic N) is 1. The maximum Gasteiger partial charge on any atom is 0.324 e. The molecule has 0 aliphatic heterocycles. The van der Waals surface area contributed by atoms with E-state index in [9.17, 15) is 14.9 Å². The number of nitrogens with one attached hydrogen (secondary N) is 1.